The number of halogens is 1. The molecule has 2 bridgehead atoms. The molecule has 4 heteroatoms. The molecule has 1 amide bonds. The smallest absolute Gasteiger partial charge is 0.254 e. The lowest BCUT2D eigenvalue weighted by atomic mass is 9.85. The van der Waals surface area contributed by atoms with Gasteiger partial charge in [-0.05, 0) is 73.6 Å². The molecule has 2 aromatic rings. The fraction of sp³-hybridized carbons (Fsp3) is 0.333. The number of hydrogen-bond donors (Lipinski definition) is 0. The molecule has 0 spiro atoms. The molecule has 2 saturated heterocycles. The summed E-state index contributed by atoms with van der Waals surface area (Å²) in [6.45, 7) is 0. The van der Waals surface area contributed by atoms with Crippen LogP contribution in [0.1, 0.15) is 53.1 Å². The Kier molecular flexibility index (Phi) is 4.01. The highest BCUT2D eigenvalue weighted by Crippen LogP contribution is 2.43. The molecular weight excluding hydrogens is 315 g/mol. The van der Waals surface area contributed by atoms with Crippen molar-refractivity contribution < 1.29 is 9.18 Å². The zero-order valence-electron chi connectivity index (χ0n) is 13.9. The van der Waals surface area contributed by atoms with Crippen molar-refractivity contribution in [2.75, 3.05) is 0 Å². The van der Waals surface area contributed by atoms with Crippen molar-refractivity contribution in [1.29, 1.82) is 5.26 Å². The molecule has 126 valence electrons. The van der Waals surface area contributed by atoms with Crippen LogP contribution in [0.3, 0.4) is 0 Å². The first-order valence-electron chi connectivity index (χ1n) is 8.74. The molecule has 0 unspecified atom stereocenters. The van der Waals surface area contributed by atoms with Crippen LogP contribution in [0.15, 0.2) is 48.5 Å². The first-order valence-corrected chi connectivity index (χ1v) is 8.74. The van der Waals surface area contributed by atoms with E-state index in [0.717, 1.165) is 25.7 Å². The molecule has 0 N–H and O–H groups in total. The quantitative estimate of drug-likeness (QED) is 0.824. The first-order chi connectivity index (χ1) is 12.2. The van der Waals surface area contributed by atoms with Gasteiger partial charge in [-0.2, -0.15) is 5.26 Å². The SMILES string of the molecule is N#Cc1ccc(C(=O)N2[C@@H]3CC[C@H]2C[C@@H](c2ccc(F)cc2)C3)cc1. The number of nitrogens with zero attached hydrogens (tertiary/aromatic N) is 2. The van der Waals surface area contributed by atoms with Crippen LogP contribution in [0.2, 0.25) is 0 Å². The van der Waals surface area contributed by atoms with E-state index in [4.69, 9.17) is 5.26 Å². The molecule has 0 saturated carbocycles. The number of hydrogen-bond acceptors (Lipinski definition) is 2. The number of carbonyl (C=O) groups is 1. The van der Waals surface area contributed by atoms with E-state index in [9.17, 15) is 9.18 Å². The predicted molar refractivity (Wildman–Crippen MR) is 92.5 cm³/mol. The van der Waals surface area contributed by atoms with Crippen molar-refractivity contribution in [3.63, 3.8) is 0 Å². The molecule has 2 fully saturated rings. The van der Waals surface area contributed by atoms with Crippen molar-refractivity contribution >= 4 is 5.91 Å². The Morgan fingerprint density at radius 1 is 1.00 bits per heavy atom. The van der Waals surface area contributed by atoms with Crippen LogP contribution in [0.4, 0.5) is 4.39 Å². The van der Waals surface area contributed by atoms with Crippen LogP contribution < -0.4 is 0 Å². The number of benzene rings is 2. The summed E-state index contributed by atoms with van der Waals surface area (Å²) in [5, 5.41) is 8.90. The predicted octanol–water partition coefficient (Wildman–Crippen LogP) is 4.25. The van der Waals surface area contributed by atoms with E-state index in [1.807, 2.05) is 17.0 Å². The van der Waals surface area contributed by atoms with Crippen LogP contribution in [0.25, 0.3) is 0 Å². The van der Waals surface area contributed by atoms with Gasteiger partial charge >= 0.3 is 0 Å². The highest BCUT2D eigenvalue weighted by Gasteiger charge is 2.43. The summed E-state index contributed by atoms with van der Waals surface area (Å²) in [6, 6.07) is 16.2. The van der Waals surface area contributed by atoms with Crippen molar-refractivity contribution in [2.45, 2.75) is 43.7 Å². The highest BCUT2D eigenvalue weighted by atomic mass is 19.1. The van der Waals surface area contributed by atoms with Gasteiger partial charge in [0, 0.05) is 17.6 Å². The van der Waals surface area contributed by atoms with Crippen LogP contribution in [0.5, 0.6) is 0 Å². The third-order valence-corrected chi connectivity index (χ3v) is 5.57. The number of fused-ring (bicyclic) bond motifs is 2. The van der Waals surface area contributed by atoms with Crippen LogP contribution >= 0.6 is 0 Å². The molecule has 2 aliphatic rings. The Bertz CT molecular complexity index is 808. The van der Waals surface area contributed by atoms with Crippen LogP contribution in [0, 0.1) is 17.1 Å². The normalized spacial score (nSPS) is 24.8. The van der Waals surface area contributed by atoms with Gasteiger partial charge in [-0.25, -0.2) is 4.39 Å². The van der Waals surface area contributed by atoms with E-state index >= 15 is 0 Å². The Balaban J connectivity index is 1.53. The van der Waals surface area contributed by atoms with E-state index in [2.05, 4.69) is 6.07 Å². The highest BCUT2D eigenvalue weighted by molar-refractivity contribution is 5.95. The van der Waals surface area contributed by atoms with Crippen LogP contribution in [-0.4, -0.2) is 22.9 Å². The summed E-state index contributed by atoms with van der Waals surface area (Å²) in [5.74, 6) is 0.248. The third kappa shape index (κ3) is 2.91. The standard InChI is InChI=1S/C21H19FN2O/c22-18-7-5-15(6-8-18)17-11-19-9-10-20(12-17)24(19)21(25)16-3-1-14(13-23)2-4-16/h1-8,17,19-20H,9-12H2/t17-,19+,20-. The maximum Gasteiger partial charge on any atom is 0.254 e. The number of piperidine rings is 1. The third-order valence-electron chi connectivity index (χ3n) is 5.57. The van der Waals surface area contributed by atoms with E-state index in [-0.39, 0.29) is 23.8 Å². The number of rotatable bonds is 2. The fourth-order valence-electron chi connectivity index (χ4n) is 4.35. The summed E-state index contributed by atoms with van der Waals surface area (Å²) in [4.78, 5) is 15.0. The Hall–Kier alpha value is -2.67. The largest absolute Gasteiger partial charge is 0.333 e. The maximum absolute atomic E-state index is 13.2. The zero-order chi connectivity index (χ0) is 17.4. The van der Waals surface area contributed by atoms with Gasteiger partial charge in [-0.1, -0.05) is 12.1 Å². The zero-order valence-corrected chi connectivity index (χ0v) is 13.9. The second kappa shape index (κ2) is 6.33. The fourth-order valence-corrected chi connectivity index (χ4v) is 4.35. The van der Waals surface area contributed by atoms with E-state index < -0.39 is 0 Å². The Labute approximate surface area is 146 Å². The van der Waals surface area contributed by atoms with Crippen molar-refractivity contribution in [3.8, 4) is 6.07 Å². The molecule has 0 aromatic heterocycles. The summed E-state index contributed by atoms with van der Waals surface area (Å²) in [7, 11) is 0. The van der Waals surface area contributed by atoms with Gasteiger partial charge in [0.1, 0.15) is 5.82 Å². The van der Waals surface area contributed by atoms with Crippen LogP contribution in [-0.2, 0) is 0 Å². The number of amides is 1. The molecule has 4 rings (SSSR count). The molecule has 2 heterocycles. The molecule has 3 atom stereocenters. The van der Waals surface area contributed by atoms with Crippen molar-refractivity contribution in [1.82, 2.24) is 4.90 Å². The van der Waals surface area contributed by atoms with Gasteiger partial charge in [-0.3, -0.25) is 4.79 Å². The summed E-state index contributed by atoms with van der Waals surface area (Å²) in [6.07, 6.45) is 3.93. The summed E-state index contributed by atoms with van der Waals surface area (Å²) < 4.78 is 13.2. The minimum atomic E-state index is -0.208. The minimum absolute atomic E-state index is 0.0644. The average molecular weight is 334 g/mol. The molecule has 2 aliphatic heterocycles. The lowest BCUT2D eigenvalue weighted by Gasteiger charge is -2.39. The lowest BCUT2D eigenvalue weighted by Crippen LogP contribution is -2.46. The van der Waals surface area contributed by atoms with E-state index in [1.165, 1.54) is 17.7 Å². The van der Waals surface area contributed by atoms with Crippen molar-refractivity contribution in [2.24, 2.45) is 0 Å². The Morgan fingerprint density at radius 2 is 1.60 bits per heavy atom. The second-order valence-corrected chi connectivity index (χ2v) is 7.01. The summed E-state index contributed by atoms with van der Waals surface area (Å²) >= 11 is 0. The molecular formula is C21H19FN2O. The minimum Gasteiger partial charge on any atom is -0.333 e. The second-order valence-electron chi connectivity index (χ2n) is 7.01. The van der Waals surface area contributed by atoms with Gasteiger partial charge in [0.05, 0.1) is 11.6 Å². The molecule has 3 nitrogen and oxygen atoms in total. The molecule has 2 aromatic carbocycles. The van der Waals surface area contributed by atoms with Gasteiger partial charge in [0.15, 0.2) is 0 Å². The lowest BCUT2D eigenvalue weighted by molar-refractivity contribution is 0.0571. The molecule has 0 radical (unpaired) electrons. The number of nitriles is 1. The van der Waals surface area contributed by atoms with Gasteiger partial charge in [0.2, 0.25) is 0 Å². The maximum atomic E-state index is 13.2. The van der Waals surface area contributed by atoms with E-state index in [1.54, 1.807) is 24.3 Å². The summed E-state index contributed by atoms with van der Waals surface area (Å²) in [5.41, 5.74) is 2.38. The number of carbonyl (C=O) groups excluding carboxylic acids is 1. The Morgan fingerprint density at radius 3 is 2.16 bits per heavy atom. The van der Waals surface area contributed by atoms with Gasteiger partial charge < -0.3 is 4.90 Å². The van der Waals surface area contributed by atoms with Gasteiger partial charge in [0.25, 0.3) is 5.91 Å². The molecule has 25 heavy (non-hydrogen) atoms. The topological polar surface area (TPSA) is 44.1 Å². The first kappa shape index (κ1) is 15.8. The molecule has 0 aliphatic carbocycles. The van der Waals surface area contributed by atoms with Gasteiger partial charge in [-0.15, -0.1) is 0 Å². The monoisotopic (exact) mass is 334 g/mol. The van der Waals surface area contributed by atoms with Crippen molar-refractivity contribution in [3.05, 3.63) is 71.0 Å². The van der Waals surface area contributed by atoms with E-state index in [0.29, 0.717) is 17.0 Å². The average Bonchev–Trinajstić information content (AvgIpc) is 2.91.